The van der Waals surface area contributed by atoms with Gasteiger partial charge in [0.25, 0.3) is 5.91 Å². The summed E-state index contributed by atoms with van der Waals surface area (Å²) in [4.78, 5) is 13.9. The van der Waals surface area contributed by atoms with Crippen LogP contribution in [0.25, 0.3) is 0 Å². The highest BCUT2D eigenvalue weighted by molar-refractivity contribution is 6.20. The Hall–Kier alpha value is -0.280. The fraction of sp³-hybridized carbons (Fsp3) is 0.909. The van der Waals surface area contributed by atoms with Crippen LogP contribution in [0, 0.1) is 5.92 Å². The van der Waals surface area contributed by atoms with Crippen molar-refractivity contribution in [3.8, 4) is 0 Å². The maximum absolute atomic E-state index is 12.0. The summed E-state index contributed by atoms with van der Waals surface area (Å²) < 4.78 is 5.41. The van der Waals surface area contributed by atoms with Crippen molar-refractivity contribution in [3.63, 3.8) is 0 Å². The minimum atomic E-state index is -0.177. The van der Waals surface area contributed by atoms with Gasteiger partial charge in [0.2, 0.25) is 0 Å². The number of hydrogen-bond donors (Lipinski definition) is 0. The number of hydrogen-bond acceptors (Lipinski definition) is 2. The normalized spacial score (nSPS) is 36.9. The van der Waals surface area contributed by atoms with Gasteiger partial charge in [-0.2, -0.15) is 0 Å². The number of carbonyl (C=O) groups excluding carboxylic acids is 1. The van der Waals surface area contributed by atoms with Crippen LogP contribution in [0.2, 0.25) is 0 Å². The van der Waals surface area contributed by atoms with E-state index < -0.39 is 0 Å². The third kappa shape index (κ3) is 2.45. The molecule has 0 N–H and O–H groups in total. The molecule has 86 valence electrons. The number of amides is 1. The van der Waals surface area contributed by atoms with E-state index >= 15 is 0 Å². The molecule has 0 aromatic heterocycles. The van der Waals surface area contributed by atoms with Crippen molar-refractivity contribution in [2.75, 3.05) is 19.7 Å². The quantitative estimate of drug-likeness (QED) is 0.643. The van der Waals surface area contributed by atoms with E-state index in [4.69, 9.17) is 16.3 Å². The molecule has 15 heavy (non-hydrogen) atoms. The van der Waals surface area contributed by atoms with Crippen molar-refractivity contribution in [1.82, 2.24) is 4.90 Å². The van der Waals surface area contributed by atoms with E-state index in [9.17, 15) is 4.79 Å². The third-order valence-corrected chi connectivity index (χ3v) is 3.97. The average Bonchev–Trinajstić information content (AvgIpc) is 2.74. The van der Waals surface area contributed by atoms with Gasteiger partial charge < -0.3 is 9.64 Å². The smallest absolute Gasteiger partial charge is 0.251 e. The standard InChI is InChI=1S/C11H18ClNO2/c1-8-7-13(5-4-9(8)12)11(14)10-3-2-6-15-10/h8-10H,2-7H2,1H3. The van der Waals surface area contributed by atoms with E-state index in [1.807, 2.05) is 4.90 Å². The lowest BCUT2D eigenvalue weighted by Crippen LogP contribution is -2.47. The molecular weight excluding hydrogens is 214 g/mol. The van der Waals surface area contributed by atoms with Gasteiger partial charge in [0, 0.05) is 25.1 Å². The van der Waals surface area contributed by atoms with Crippen molar-refractivity contribution < 1.29 is 9.53 Å². The Morgan fingerprint density at radius 1 is 1.47 bits per heavy atom. The van der Waals surface area contributed by atoms with E-state index in [1.165, 1.54) is 0 Å². The Labute approximate surface area is 95.7 Å². The summed E-state index contributed by atoms with van der Waals surface area (Å²) in [5.41, 5.74) is 0. The number of carbonyl (C=O) groups is 1. The molecule has 3 unspecified atom stereocenters. The van der Waals surface area contributed by atoms with Crippen LogP contribution in [0.3, 0.4) is 0 Å². The molecule has 0 radical (unpaired) electrons. The van der Waals surface area contributed by atoms with E-state index in [1.54, 1.807) is 0 Å². The van der Waals surface area contributed by atoms with Gasteiger partial charge in [0.05, 0.1) is 0 Å². The molecule has 1 amide bonds. The van der Waals surface area contributed by atoms with Gasteiger partial charge in [0.1, 0.15) is 6.10 Å². The Kier molecular flexibility index (Phi) is 3.52. The second-order valence-corrected chi connectivity index (χ2v) is 5.13. The zero-order valence-corrected chi connectivity index (χ0v) is 9.87. The Balaban J connectivity index is 1.90. The number of ether oxygens (including phenoxy) is 1. The molecule has 4 heteroatoms. The number of piperidine rings is 1. The summed E-state index contributed by atoms with van der Waals surface area (Å²) in [5, 5.41) is 0.221. The van der Waals surface area contributed by atoms with Crippen LogP contribution < -0.4 is 0 Å². The predicted molar refractivity (Wildman–Crippen MR) is 59.0 cm³/mol. The largest absolute Gasteiger partial charge is 0.368 e. The topological polar surface area (TPSA) is 29.5 Å². The van der Waals surface area contributed by atoms with Gasteiger partial charge in [-0.25, -0.2) is 0 Å². The molecule has 0 bridgehead atoms. The Morgan fingerprint density at radius 3 is 2.87 bits per heavy atom. The average molecular weight is 232 g/mol. The fourth-order valence-electron chi connectivity index (χ4n) is 2.29. The van der Waals surface area contributed by atoms with Gasteiger partial charge in [-0.3, -0.25) is 4.79 Å². The van der Waals surface area contributed by atoms with E-state index in [0.29, 0.717) is 5.92 Å². The molecule has 0 aliphatic carbocycles. The maximum atomic E-state index is 12.0. The lowest BCUT2D eigenvalue weighted by molar-refractivity contribution is -0.142. The Bertz CT molecular complexity index is 241. The molecule has 2 aliphatic rings. The lowest BCUT2D eigenvalue weighted by Gasteiger charge is -2.35. The first-order chi connectivity index (χ1) is 7.18. The molecule has 0 aromatic carbocycles. The van der Waals surface area contributed by atoms with Crippen LogP contribution in [0.5, 0.6) is 0 Å². The van der Waals surface area contributed by atoms with Gasteiger partial charge in [-0.15, -0.1) is 11.6 Å². The first-order valence-electron chi connectivity index (χ1n) is 5.73. The molecule has 0 saturated carbocycles. The number of alkyl halides is 1. The minimum absolute atomic E-state index is 0.169. The minimum Gasteiger partial charge on any atom is -0.368 e. The summed E-state index contributed by atoms with van der Waals surface area (Å²) in [6.45, 7) is 4.41. The summed E-state index contributed by atoms with van der Waals surface area (Å²) in [7, 11) is 0. The number of rotatable bonds is 1. The molecule has 0 aromatic rings. The molecule has 0 spiro atoms. The van der Waals surface area contributed by atoms with Crippen LogP contribution in [0.4, 0.5) is 0 Å². The third-order valence-electron chi connectivity index (χ3n) is 3.32. The molecule has 2 saturated heterocycles. The van der Waals surface area contributed by atoms with Crippen molar-refractivity contribution in [1.29, 1.82) is 0 Å². The second-order valence-electron chi connectivity index (χ2n) is 4.57. The van der Waals surface area contributed by atoms with Gasteiger partial charge in [0.15, 0.2) is 0 Å². The summed E-state index contributed by atoms with van der Waals surface area (Å²) in [6.07, 6.45) is 2.62. The zero-order chi connectivity index (χ0) is 10.8. The molecule has 2 heterocycles. The molecule has 2 fully saturated rings. The number of likely N-dealkylation sites (tertiary alicyclic amines) is 1. The summed E-state index contributed by atoms with van der Waals surface area (Å²) >= 11 is 6.13. The van der Waals surface area contributed by atoms with Crippen LogP contribution in [0.15, 0.2) is 0 Å². The van der Waals surface area contributed by atoms with Gasteiger partial charge >= 0.3 is 0 Å². The Morgan fingerprint density at radius 2 is 2.27 bits per heavy atom. The van der Waals surface area contributed by atoms with Crippen molar-refractivity contribution in [3.05, 3.63) is 0 Å². The highest BCUT2D eigenvalue weighted by Gasteiger charge is 2.32. The molecule has 3 nitrogen and oxygen atoms in total. The monoisotopic (exact) mass is 231 g/mol. The van der Waals surface area contributed by atoms with Crippen molar-refractivity contribution in [2.45, 2.75) is 37.7 Å². The SMILES string of the molecule is CC1CN(C(=O)C2CCCO2)CCC1Cl. The highest BCUT2D eigenvalue weighted by Crippen LogP contribution is 2.24. The number of nitrogens with zero attached hydrogens (tertiary/aromatic N) is 1. The van der Waals surface area contributed by atoms with Gasteiger partial charge in [-0.05, 0) is 25.2 Å². The predicted octanol–water partition coefficient (Wildman–Crippen LogP) is 1.64. The van der Waals surface area contributed by atoms with Crippen LogP contribution in [-0.2, 0) is 9.53 Å². The second kappa shape index (κ2) is 4.71. The van der Waals surface area contributed by atoms with E-state index in [0.717, 1.165) is 39.0 Å². The molecule has 3 atom stereocenters. The van der Waals surface area contributed by atoms with E-state index in [-0.39, 0.29) is 17.4 Å². The van der Waals surface area contributed by atoms with Crippen LogP contribution >= 0.6 is 11.6 Å². The van der Waals surface area contributed by atoms with Crippen molar-refractivity contribution >= 4 is 17.5 Å². The fourth-order valence-corrected chi connectivity index (χ4v) is 2.47. The molecule has 2 rings (SSSR count). The lowest BCUT2D eigenvalue weighted by atomic mass is 9.99. The summed E-state index contributed by atoms with van der Waals surface area (Å²) in [5.74, 6) is 0.564. The van der Waals surface area contributed by atoms with Crippen LogP contribution in [-0.4, -0.2) is 42.0 Å². The molecular formula is C11H18ClNO2. The van der Waals surface area contributed by atoms with Gasteiger partial charge in [-0.1, -0.05) is 6.92 Å². The maximum Gasteiger partial charge on any atom is 0.251 e. The zero-order valence-electron chi connectivity index (χ0n) is 9.12. The van der Waals surface area contributed by atoms with Crippen molar-refractivity contribution in [2.24, 2.45) is 5.92 Å². The number of halogens is 1. The van der Waals surface area contributed by atoms with E-state index in [2.05, 4.69) is 6.92 Å². The highest BCUT2D eigenvalue weighted by atomic mass is 35.5. The van der Waals surface area contributed by atoms with Crippen LogP contribution in [0.1, 0.15) is 26.2 Å². The summed E-state index contributed by atoms with van der Waals surface area (Å²) in [6, 6.07) is 0. The molecule has 2 aliphatic heterocycles. The first kappa shape index (κ1) is 11.2. The first-order valence-corrected chi connectivity index (χ1v) is 6.16.